The fourth-order valence-electron chi connectivity index (χ4n) is 1.38. The molecule has 12 heavy (non-hydrogen) atoms. The summed E-state index contributed by atoms with van der Waals surface area (Å²) in [5, 5.41) is 3.52. The van der Waals surface area contributed by atoms with Gasteiger partial charge in [-0.15, -0.1) is 12.3 Å². The molecule has 0 spiro atoms. The van der Waals surface area contributed by atoms with Crippen LogP contribution in [0.5, 0.6) is 0 Å². The molecule has 0 aliphatic carbocycles. The molecule has 0 fully saturated rings. The van der Waals surface area contributed by atoms with E-state index >= 15 is 0 Å². The Kier molecular flexibility index (Phi) is 5.84. The van der Waals surface area contributed by atoms with Gasteiger partial charge < -0.3 is 5.32 Å². The minimum absolute atomic E-state index is 0.447. The van der Waals surface area contributed by atoms with Crippen LogP contribution in [0.4, 0.5) is 0 Å². The van der Waals surface area contributed by atoms with Crippen molar-refractivity contribution in [3.63, 3.8) is 0 Å². The lowest BCUT2D eigenvalue weighted by atomic mass is 10.0. The molecule has 0 radical (unpaired) electrons. The Labute approximate surface area is 76.9 Å². The number of hydrogen-bond acceptors (Lipinski definition) is 1. The van der Waals surface area contributed by atoms with E-state index in [1.165, 1.54) is 6.42 Å². The lowest BCUT2D eigenvalue weighted by Gasteiger charge is -2.24. The first-order valence-electron chi connectivity index (χ1n) is 4.81. The summed E-state index contributed by atoms with van der Waals surface area (Å²) in [6.07, 6.45) is 7.23. The van der Waals surface area contributed by atoms with Crippen LogP contribution >= 0.6 is 0 Å². The molecular weight excluding hydrogens is 146 g/mol. The van der Waals surface area contributed by atoms with Gasteiger partial charge in [-0.2, -0.15) is 0 Å². The second kappa shape index (κ2) is 6.08. The SMILES string of the molecule is C#CCC(C)NC(CC)C(C)C. The van der Waals surface area contributed by atoms with Crippen molar-refractivity contribution in [3.8, 4) is 12.3 Å². The summed E-state index contributed by atoms with van der Waals surface area (Å²) < 4.78 is 0. The first-order chi connectivity index (χ1) is 5.61. The average molecular weight is 167 g/mol. The zero-order valence-electron chi connectivity index (χ0n) is 8.72. The Balaban J connectivity index is 3.78. The summed E-state index contributed by atoms with van der Waals surface area (Å²) >= 11 is 0. The van der Waals surface area contributed by atoms with Crippen LogP contribution in [-0.2, 0) is 0 Å². The zero-order valence-corrected chi connectivity index (χ0v) is 8.72. The highest BCUT2D eigenvalue weighted by molar-refractivity contribution is 4.89. The Hall–Kier alpha value is -0.480. The first-order valence-corrected chi connectivity index (χ1v) is 4.81. The second-order valence-corrected chi connectivity index (χ2v) is 3.73. The van der Waals surface area contributed by atoms with E-state index in [-0.39, 0.29) is 0 Å². The summed E-state index contributed by atoms with van der Waals surface area (Å²) in [5.74, 6) is 3.36. The van der Waals surface area contributed by atoms with E-state index in [1.807, 2.05) is 0 Å². The molecular formula is C11H21N. The van der Waals surface area contributed by atoms with E-state index in [4.69, 9.17) is 6.42 Å². The molecule has 0 amide bonds. The quantitative estimate of drug-likeness (QED) is 0.620. The molecule has 1 N–H and O–H groups in total. The first kappa shape index (κ1) is 11.5. The Morgan fingerprint density at radius 3 is 2.25 bits per heavy atom. The van der Waals surface area contributed by atoms with E-state index in [9.17, 15) is 0 Å². The summed E-state index contributed by atoms with van der Waals surface area (Å²) in [4.78, 5) is 0. The van der Waals surface area contributed by atoms with Crippen molar-refractivity contribution in [1.82, 2.24) is 5.32 Å². The number of rotatable bonds is 5. The molecule has 0 rings (SSSR count). The lowest BCUT2D eigenvalue weighted by molar-refractivity contribution is 0.354. The van der Waals surface area contributed by atoms with Crippen LogP contribution in [0, 0.1) is 18.3 Å². The van der Waals surface area contributed by atoms with Crippen LogP contribution in [0.25, 0.3) is 0 Å². The maximum absolute atomic E-state index is 5.23. The molecule has 0 aromatic rings. The third-order valence-electron chi connectivity index (χ3n) is 2.17. The third kappa shape index (κ3) is 4.41. The fourth-order valence-corrected chi connectivity index (χ4v) is 1.38. The largest absolute Gasteiger partial charge is 0.310 e. The van der Waals surface area contributed by atoms with Crippen molar-refractivity contribution in [3.05, 3.63) is 0 Å². The molecule has 0 saturated carbocycles. The number of hydrogen-bond donors (Lipinski definition) is 1. The Morgan fingerprint density at radius 2 is 1.92 bits per heavy atom. The van der Waals surface area contributed by atoms with Crippen molar-refractivity contribution >= 4 is 0 Å². The second-order valence-electron chi connectivity index (χ2n) is 3.73. The van der Waals surface area contributed by atoms with Crippen molar-refractivity contribution in [2.45, 2.75) is 52.6 Å². The highest BCUT2D eigenvalue weighted by atomic mass is 14.9. The van der Waals surface area contributed by atoms with Gasteiger partial charge in [0.15, 0.2) is 0 Å². The van der Waals surface area contributed by atoms with Crippen LogP contribution in [0.3, 0.4) is 0 Å². The van der Waals surface area contributed by atoms with Crippen LogP contribution < -0.4 is 5.32 Å². The van der Waals surface area contributed by atoms with E-state index < -0.39 is 0 Å². The van der Waals surface area contributed by atoms with Gasteiger partial charge in [-0.25, -0.2) is 0 Å². The fraction of sp³-hybridized carbons (Fsp3) is 0.818. The van der Waals surface area contributed by atoms with Crippen LogP contribution in [0.1, 0.15) is 40.5 Å². The van der Waals surface area contributed by atoms with Crippen molar-refractivity contribution in [2.75, 3.05) is 0 Å². The molecule has 0 aromatic carbocycles. The van der Waals surface area contributed by atoms with Crippen molar-refractivity contribution in [2.24, 2.45) is 5.92 Å². The summed E-state index contributed by atoms with van der Waals surface area (Å²) in [6, 6.07) is 1.05. The Bertz CT molecular complexity index is 144. The third-order valence-corrected chi connectivity index (χ3v) is 2.17. The Morgan fingerprint density at radius 1 is 1.33 bits per heavy atom. The molecule has 0 saturated heterocycles. The molecule has 1 nitrogen and oxygen atoms in total. The number of terminal acetylenes is 1. The monoisotopic (exact) mass is 167 g/mol. The van der Waals surface area contributed by atoms with Gasteiger partial charge >= 0.3 is 0 Å². The van der Waals surface area contributed by atoms with Crippen LogP contribution in [0.15, 0.2) is 0 Å². The van der Waals surface area contributed by atoms with Crippen LogP contribution in [-0.4, -0.2) is 12.1 Å². The molecule has 0 heterocycles. The maximum Gasteiger partial charge on any atom is 0.0238 e. The molecule has 0 aromatic heterocycles. The maximum atomic E-state index is 5.23. The smallest absolute Gasteiger partial charge is 0.0238 e. The molecule has 1 heteroatoms. The van der Waals surface area contributed by atoms with Gasteiger partial charge in [-0.05, 0) is 19.3 Å². The molecule has 70 valence electrons. The van der Waals surface area contributed by atoms with Crippen LogP contribution in [0.2, 0.25) is 0 Å². The molecule has 2 atom stereocenters. The van der Waals surface area contributed by atoms with E-state index in [0.717, 1.165) is 6.42 Å². The normalized spacial score (nSPS) is 15.7. The van der Waals surface area contributed by atoms with E-state index in [0.29, 0.717) is 18.0 Å². The molecule has 0 aliphatic heterocycles. The van der Waals surface area contributed by atoms with Crippen molar-refractivity contribution < 1.29 is 0 Å². The topological polar surface area (TPSA) is 12.0 Å². The molecule has 2 unspecified atom stereocenters. The zero-order chi connectivity index (χ0) is 9.56. The van der Waals surface area contributed by atoms with Gasteiger partial charge in [0, 0.05) is 18.5 Å². The predicted octanol–water partition coefficient (Wildman–Crippen LogP) is 2.42. The highest BCUT2D eigenvalue weighted by Crippen LogP contribution is 2.06. The predicted molar refractivity (Wildman–Crippen MR) is 55.0 cm³/mol. The summed E-state index contributed by atoms with van der Waals surface area (Å²) in [6.45, 7) is 8.83. The van der Waals surface area contributed by atoms with Gasteiger partial charge in [-0.1, -0.05) is 20.8 Å². The molecule has 0 bridgehead atoms. The standard InChI is InChI=1S/C11H21N/c1-6-8-10(5)12-11(7-2)9(3)4/h1,9-12H,7-8H2,2-5H3. The number of nitrogens with one attached hydrogen (secondary N) is 1. The summed E-state index contributed by atoms with van der Waals surface area (Å²) in [5.41, 5.74) is 0. The molecule has 0 aliphatic rings. The van der Waals surface area contributed by atoms with Gasteiger partial charge in [0.25, 0.3) is 0 Å². The van der Waals surface area contributed by atoms with Gasteiger partial charge in [-0.3, -0.25) is 0 Å². The highest BCUT2D eigenvalue weighted by Gasteiger charge is 2.12. The van der Waals surface area contributed by atoms with Gasteiger partial charge in [0.05, 0.1) is 0 Å². The average Bonchev–Trinajstić information content (AvgIpc) is 2.00. The summed E-state index contributed by atoms with van der Waals surface area (Å²) in [7, 11) is 0. The van der Waals surface area contributed by atoms with E-state index in [1.54, 1.807) is 0 Å². The lowest BCUT2D eigenvalue weighted by Crippen LogP contribution is -2.39. The minimum atomic E-state index is 0.447. The minimum Gasteiger partial charge on any atom is -0.310 e. The van der Waals surface area contributed by atoms with Crippen molar-refractivity contribution in [1.29, 1.82) is 0 Å². The van der Waals surface area contributed by atoms with Gasteiger partial charge in [0.2, 0.25) is 0 Å². The van der Waals surface area contributed by atoms with Gasteiger partial charge in [0.1, 0.15) is 0 Å². The van der Waals surface area contributed by atoms with E-state index in [2.05, 4.69) is 38.9 Å².